The van der Waals surface area contributed by atoms with Crippen molar-refractivity contribution in [3.05, 3.63) is 35.5 Å². The maximum Gasteiger partial charge on any atom is 0.351 e. The maximum absolute atomic E-state index is 12.1. The highest BCUT2D eigenvalue weighted by molar-refractivity contribution is 6.26. The smallest absolute Gasteiger partial charge is 0.351 e. The van der Waals surface area contributed by atoms with E-state index in [9.17, 15) is 4.79 Å². The SMILES string of the molecule is CCc1nc2ccccc2c(NC(=O)C[NH+](C)C)c1C.O=C([O-])C(=O)O. The van der Waals surface area contributed by atoms with Crippen molar-refractivity contribution in [2.75, 3.05) is 26.0 Å². The Kier molecular flexibility index (Phi) is 7.67. The van der Waals surface area contributed by atoms with Gasteiger partial charge in [0.1, 0.15) is 0 Å². The number of para-hydroxylation sites is 1. The second kappa shape index (κ2) is 9.47. The van der Waals surface area contributed by atoms with Gasteiger partial charge in [-0.1, -0.05) is 25.1 Å². The molecule has 0 saturated carbocycles. The molecule has 1 aromatic carbocycles. The number of carbonyl (C=O) groups is 3. The molecule has 8 heteroatoms. The number of rotatable bonds is 4. The summed E-state index contributed by atoms with van der Waals surface area (Å²) < 4.78 is 0. The molecule has 0 bridgehead atoms. The van der Waals surface area contributed by atoms with Gasteiger partial charge in [-0.15, -0.1) is 0 Å². The summed E-state index contributed by atoms with van der Waals surface area (Å²) in [6.45, 7) is 4.56. The van der Waals surface area contributed by atoms with Crippen LogP contribution in [0.3, 0.4) is 0 Å². The first-order valence-electron chi connectivity index (χ1n) is 8.08. The standard InChI is InChI=1S/C16H21N3O.C2H2O4/c1-5-13-11(2)16(18-15(20)10-19(3)4)12-8-6-7-9-14(12)17-13;3-1(4)2(5)6/h6-9H,5,10H2,1-4H3,(H,17,18,20);(H,3,4)(H,5,6). The van der Waals surface area contributed by atoms with Crippen LogP contribution in [0.2, 0.25) is 0 Å². The van der Waals surface area contributed by atoms with Crippen LogP contribution in [-0.4, -0.2) is 48.6 Å². The summed E-state index contributed by atoms with van der Waals surface area (Å²) in [6, 6.07) is 7.94. The topological polar surface area (TPSA) is 124 Å². The number of pyridine rings is 1. The minimum atomic E-state index is -2.07. The van der Waals surface area contributed by atoms with E-state index in [1.807, 2.05) is 45.3 Å². The number of hydrogen-bond acceptors (Lipinski definition) is 5. The van der Waals surface area contributed by atoms with Gasteiger partial charge in [-0.2, -0.15) is 0 Å². The zero-order chi connectivity index (χ0) is 19.9. The number of carbonyl (C=O) groups excluding carboxylic acids is 2. The fourth-order valence-electron chi connectivity index (χ4n) is 2.37. The molecule has 0 unspecified atom stereocenters. The largest absolute Gasteiger partial charge is 0.539 e. The van der Waals surface area contributed by atoms with Crippen molar-refractivity contribution in [3.63, 3.8) is 0 Å². The Hall–Kier alpha value is -3.00. The Balaban J connectivity index is 0.000000487. The van der Waals surface area contributed by atoms with Crippen LogP contribution in [-0.2, 0) is 20.8 Å². The lowest BCUT2D eigenvalue weighted by Crippen LogP contribution is -3.06. The van der Waals surface area contributed by atoms with Crippen molar-refractivity contribution in [1.29, 1.82) is 0 Å². The third-order valence-electron chi connectivity index (χ3n) is 3.52. The zero-order valence-corrected chi connectivity index (χ0v) is 15.3. The fraction of sp³-hybridized carbons (Fsp3) is 0.333. The van der Waals surface area contributed by atoms with E-state index in [1.165, 1.54) is 0 Å². The zero-order valence-electron chi connectivity index (χ0n) is 15.3. The van der Waals surface area contributed by atoms with Gasteiger partial charge < -0.3 is 25.2 Å². The van der Waals surface area contributed by atoms with Crippen molar-refractivity contribution in [1.82, 2.24) is 4.98 Å². The molecule has 140 valence electrons. The number of aryl methyl sites for hydroxylation is 1. The molecule has 0 radical (unpaired) electrons. The number of likely N-dealkylation sites (N-methyl/N-ethyl adjacent to an activating group) is 1. The molecule has 8 nitrogen and oxygen atoms in total. The molecule has 1 amide bonds. The van der Waals surface area contributed by atoms with Gasteiger partial charge in [0.2, 0.25) is 0 Å². The molecular weight excluding hydrogens is 338 g/mol. The lowest BCUT2D eigenvalue weighted by Gasteiger charge is -2.15. The van der Waals surface area contributed by atoms with Crippen molar-refractivity contribution in [2.24, 2.45) is 0 Å². The van der Waals surface area contributed by atoms with Gasteiger partial charge in [0.15, 0.2) is 12.5 Å². The molecule has 0 spiro atoms. The lowest BCUT2D eigenvalue weighted by molar-refractivity contribution is -0.849. The van der Waals surface area contributed by atoms with Crippen molar-refractivity contribution in [3.8, 4) is 0 Å². The Morgan fingerprint density at radius 3 is 2.31 bits per heavy atom. The van der Waals surface area contributed by atoms with Crippen molar-refractivity contribution >= 4 is 34.4 Å². The number of hydrogen-bond donors (Lipinski definition) is 3. The average Bonchev–Trinajstić information content (AvgIpc) is 2.57. The average molecular weight is 361 g/mol. The fourth-order valence-corrected chi connectivity index (χ4v) is 2.37. The number of aliphatic carboxylic acids is 2. The lowest BCUT2D eigenvalue weighted by atomic mass is 10.1. The molecule has 3 N–H and O–H groups in total. The van der Waals surface area contributed by atoms with Crippen LogP contribution in [0.4, 0.5) is 5.69 Å². The van der Waals surface area contributed by atoms with Gasteiger partial charge in [0.25, 0.3) is 5.91 Å². The van der Waals surface area contributed by atoms with E-state index in [0.717, 1.165) is 39.2 Å². The van der Waals surface area contributed by atoms with E-state index in [1.54, 1.807) is 0 Å². The van der Waals surface area contributed by atoms with Gasteiger partial charge in [-0.25, -0.2) is 4.79 Å². The maximum atomic E-state index is 12.1. The first-order valence-corrected chi connectivity index (χ1v) is 8.08. The summed E-state index contributed by atoms with van der Waals surface area (Å²) in [6.07, 6.45) is 0.860. The van der Waals surface area contributed by atoms with E-state index >= 15 is 0 Å². The van der Waals surface area contributed by atoms with Gasteiger partial charge in [-0.05, 0) is 25.0 Å². The Morgan fingerprint density at radius 1 is 1.23 bits per heavy atom. The van der Waals surface area contributed by atoms with E-state index in [2.05, 4.69) is 17.2 Å². The highest BCUT2D eigenvalue weighted by Gasteiger charge is 2.14. The van der Waals surface area contributed by atoms with Crippen LogP contribution < -0.4 is 15.3 Å². The van der Waals surface area contributed by atoms with Crippen molar-refractivity contribution in [2.45, 2.75) is 20.3 Å². The minimum Gasteiger partial charge on any atom is -0.539 e. The summed E-state index contributed by atoms with van der Waals surface area (Å²) in [5.74, 6) is -3.98. The van der Waals surface area contributed by atoms with Crippen LogP contribution >= 0.6 is 0 Å². The summed E-state index contributed by atoms with van der Waals surface area (Å²) in [5, 5.41) is 20.4. The van der Waals surface area contributed by atoms with Gasteiger partial charge >= 0.3 is 5.97 Å². The molecule has 2 aromatic rings. The number of fused-ring (bicyclic) bond motifs is 1. The minimum absolute atomic E-state index is 0.0338. The second-order valence-electron chi connectivity index (χ2n) is 5.95. The number of nitrogens with zero attached hydrogens (tertiary/aromatic N) is 1. The predicted molar refractivity (Wildman–Crippen MR) is 94.8 cm³/mol. The quantitative estimate of drug-likeness (QED) is 0.601. The Morgan fingerprint density at radius 2 is 1.81 bits per heavy atom. The molecule has 1 aromatic heterocycles. The molecule has 0 aliphatic heterocycles. The molecule has 0 fully saturated rings. The van der Waals surface area contributed by atoms with Gasteiger partial charge in [0.05, 0.1) is 25.3 Å². The number of nitrogens with one attached hydrogen (secondary N) is 2. The number of amides is 1. The summed E-state index contributed by atoms with van der Waals surface area (Å²) in [5.41, 5.74) is 3.94. The predicted octanol–water partition coefficient (Wildman–Crippen LogP) is -0.990. The van der Waals surface area contributed by atoms with Crippen molar-refractivity contribution < 1.29 is 29.5 Å². The molecule has 0 atom stereocenters. The van der Waals surface area contributed by atoms with Gasteiger partial charge in [-0.3, -0.25) is 9.78 Å². The number of anilines is 1. The number of carboxylic acids is 2. The second-order valence-corrected chi connectivity index (χ2v) is 5.95. The van der Waals surface area contributed by atoms with Crippen LogP contribution in [0.25, 0.3) is 10.9 Å². The normalized spacial score (nSPS) is 10.2. The van der Waals surface area contributed by atoms with Crippen LogP contribution in [0.15, 0.2) is 24.3 Å². The number of benzene rings is 1. The Labute approximate surface area is 151 Å². The van der Waals surface area contributed by atoms with E-state index in [4.69, 9.17) is 19.8 Å². The van der Waals surface area contributed by atoms with Crippen LogP contribution in [0, 0.1) is 6.92 Å². The highest BCUT2D eigenvalue weighted by Crippen LogP contribution is 2.28. The highest BCUT2D eigenvalue weighted by atomic mass is 16.4. The van der Waals surface area contributed by atoms with E-state index in [-0.39, 0.29) is 5.91 Å². The Bertz CT molecular complexity index is 806. The number of quaternary nitrogens is 1. The van der Waals surface area contributed by atoms with Crippen LogP contribution in [0.1, 0.15) is 18.2 Å². The molecule has 0 aliphatic rings. The van der Waals surface area contributed by atoms with E-state index < -0.39 is 11.9 Å². The summed E-state index contributed by atoms with van der Waals surface area (Å²) in [7, 11) is 3.93. The summed E-state index contributed by atoms with van der Waals surface area (Å²) in [4.78, 5) is 35.9. The summed E-state index contributed by atoms with van der Waals surface area (Å²) >= 11 is 0. The van der Waals surface area contributed by atoms with Crippen LogP contribution in [0.5, 0.6) is 0 Å². The first kappa shape index (κ1) is 21.0. The monoisotopic (exact) mass is 361 g/mol. The number of aromatic nitrogens is 1. The van der Waals surface area contributed by atoms with E-state index in [0.29, 0.717) is 6.54 Å². The molecule has 26 heavy (non-hydrogen) atoms. The third-order valence-corrected chi connectivity index (χ3v) is 3.52. The molecule has 0 saturated heterocycles. The van der Waals surface area contributed by atoms with Gasteiger partial charge in [0, 0.05) is 11.1 Å². The third kappa shape index (κ3) is 5.82. The molecular formula is C18H23N3O5. The molecule has 0 aliphatic carbocycles. The number of carboxylic acid groups (broad SMARTS) is 2. The molecule has 2 rings (SSSR count). The first-order chi connectivity index (χ1) is 12.2. The molecule has 1 heterocycles.